The topological polar surface area (TPSA) is 127 Å². The lowest BCUT2D eigenvalue weighted by Gasteiger charge is -2.27. The SMILES string of the molecule is O=[N+]([O-])C1CC([N+](=O)[O-])C(O)CC1O. The van der Waals surface area contributed by atoms with Crippen LogP contribution in [0, 0.1) is 20.2 Å². The van der Waals surface area contributed by atoms with Crippen molar-refractivity contribution < 1.29 is 20.1 Å². The van der Waals surface area contributed by atoms with Crippen LogP contribution < -0.4 is 0 Å². The van der Waals surface area contributed by atoms with Crippen LogP contribution in [0.25, 0.3) is 0 Å². The Labute approximate surface area is 78.5 Å². The van der Waals surface area contributed by atoms with E-state index >= 15 is 0 Å². The van der Waals surface area contributed by atoms with Crippen molar-refractivity contribution in [3.63, 3.8) is 0 Å². The van der Waals surface area contributed by atoms with E-state index in [4.69, 9.17) is 0 Å². The molecule has 0 amide bonds. The van der Waals surface area contributed by atoms with Gasteiger partial charge in [0, 0.05) is 16.3 Å². The number of rotatable bonds is 2. The van der Waals surface area contributed by atoms with Gasteiger partial charge in [0.05, 0.1) is 6.42 Å². The summed E-state index contributed by atoms with van der Waals surface area (Å²) in [5.74, 6) is 0. The maximum atomic E-state index is 10.4. The summed E-state index contributed by atoms with van der Waals surface area (Å²) in [6.07, 6.45) is -3.37. The maximum Gasteiger partial charge on any atom is 0.245 e. The number of aliphatic hydroxyl groups is 2. The predicted molar refractivity (Wildman–Crippen MR) is 42.8 cm³/mol. The average molecular weight is 206 g/mol. The molecular formula is C6H10N2O6. The van der Waals surface area contributed by atoms with Crippen LogP contribution in [0.3, 0.4) is 0 Å². The van der Waals surface area contributed by atoms with E-state index in [1.807, 2.05) is 0 Å². The molecule has 0 heterocycles. The smallest absolute Gasteiger partial charge is 0.245 e. The first kappa shape index (κ1) is 10.8. The van der Waals surface area contributed by atoms with E-state index in [0.717, 1.165) is 0 Å². The Morgan fingerprint density at radius 2 is 1.29 bits per heavy atom. The van der Waals surface area contributed by atoms with Gasteiger partial charge in [0.25, 0.3) is 0 Å². The summed E-state index contributed by atoms with van der Waals surface area (Å²) in [5.41, 5.74) is 0. The van der Waals surface area contributed by atoms with Gasteiger partial charge in [0.2, 0.25) is 12.1 Å². The number of nitrogens with zero attached hydrogens (tertiary/aromatic N) is 2. The number of aliphatic hydroxyl groups excluding tert-OH is 2. The highest BCUT2D eigenvalue weighted by molar-refractivity contribution is 4.85. The predicted octanol–water partition coefficient (Wildman–Crippen LogP) is -1.21. The van der Waals surface area contributed by atoms with Crippen LogP contribution >= 0.6 is 0 Å². The molecule has 2 N–H and O–H groups in total. The summed E-state index contributed by atoms with van der Waals surface area (Å²) in [6.45, 7) is 0. The van der Waals surface area contributed by atoms with Crippen LogP contribution in [0.4, 0.5) is 0 Å². The third kappa shape index (κ3) is 1.96. The number of hydrogen-bond donors (Lipinski definition) is 2. The lowest BCUT2D eigenvalue weighted by Crippen LogP contribution is -2.51. The Kier molecular flexibility index (Phi) is 2.96. The molecule has 8 nitrogen and oxygen atoms in total. The normalized spacial score (nSPS) is 37.9. The van der Waals surface area contributed by atoms with Gasteiger partial charge in [-0.05, 0) is 0 Å². The van der Waals surface area contributed by atoms with E-state index in [-0.39, 0.29) is 6.42 Å². The first-order valence-corrected chi connectivity index (χ1v) is 4.06. The Bertz CT molecular complexity index is 233. The van der Waals surface area contributed by atoms with Crippen LogP contribution in [0.15, 0.2) is 0 Å². The van der Waals surface area contributed by atoms with Crippen molar-refractivity contribution >= 4 is 0 Å². The number of nitro groups is 2. The highest BCUT2D eigenvalue weighted by Crippen LogP contribution is 2.23. The van der Waals surface area contributed by atoms with E-state index in [0.29, 0.717) is 0 Å². The zero-order chi connectivity index (χ0) is 10.9. The summed E-state index contributed by atoms with van der Waals surface area (Å²) in [4.78, 5) is 19.3. The Morgan fingerprint density at radius 3 is 1.57 bits per heavy atom. The fraction of sp³-hybridized carbons (Fsp3) is 1.00. The van der Waals surface area contributed by atoms with Crippen LogP contribution in [0.2, 0.25) is 0 Å². The second kappa shape index (κ2) is 3.84. The molecule has 14 heavy (non-hydrogen) atoms. The quantitative estimate of drug-likeness (QED) is 0.431. The molecule has 4 atom stereocenters. The van der Waals surface area contributed by atoms with Gasteiger partial charge in [-0.3, -0.25) is 20.2 Å². The molecule has 1 fully saturated rings. The maximum absolute atomic E-state index is 10.4. The molecule has 0 radical (unpaired) electrons. The molecule has 1 saturated carbocycles. The van der Waals surface area contributed by atoms with E-state index in [9.17, 15) is 30.4 Å². The highest BCUT2D eigenvalue weighted by atomic mass is 16.6. The molecule has 8 heteroatoms. The highest BCUT2D eigenvalue weighted by Gasteiger charge is 2.47. The molecule has 80 valence electrons. The van der Waals surface area contributed by atoms with Crippen LogP contribution in [-0.2, 0) is 0 Å². The largest absolute Gasteiger partial charge is 0.386 e. The zero-order valence-electron chi connectivity index (χ0n) is 7.15. The van der Waals surface area contributed by atoms with Crippen molar-refractivity contribution in [1.29, 1.82) is 0 Å². The molecule has 0 aromatic rings. The van der Waals surface area contributed by atoms with Gasteiger partial charge in [0.15, 0.2) is 0 Å². The Morgan fingerprint density at radius 1 is 0.929 bits per heavy atom. The van der Waals surface area contributed by atoms with Crippen molar-refractivity contribution in [3.05, 3.63) is 20.2 Å². The fourth-order valence-electron chi connectivity index (χ4n) is 1.58. The molecule has 1 rings (SSSR count). The summed E-state index contributed by atoms with van der Waals surface area (Å²) < 4.78 is 0. The molecule has 0 aliphatic heterocycles. The molecule has 4 unspecified atom stereocenters. The summed E-state index contributed by atoms with van der Waals surface area (Å²) in [6, 6.07) is -2.71. The van der Waals surface area contributed by atoms with Crippen molar-refractivity contribution in [2.24, 2.45) is 0 Å². The van der Waals surface area contributed by atoms with Crippen molar-refractivity contribution in [3.8, 4) is 0 Å². The zero-order valence-corrected chi connectivity index (χ0v) is 7.15. The summed E-state index contributed by atoms with van der Waals surface area (Å²) >= 11 is 0. The minimum atomic E-state index is -1.35. The molecule has 0 bridgehead atoms. The Hall–Kier alpha value is -1.28. The van der Waals surface area contributed by atoms with E-state index in [1.165, 1.54) is 0 Å². The molecule has 0 aromatic heterocycles. The minimum Gasteiger partial charge on any atom is -0.386 e. The first-order valence-electron chi connectivity index (χ1n) is 4.06. The third-order valence-corrected chi connectivity index (χ3v) is 2.40. The minimum absolute atomic E-state index is 0.322. The van der Waals surface area contributed by atoms with E-state index in [1.54, 1.807) is 0 Å². The first-order chi connectivity index (χ1) is 6.43. The average Bonchev–Trinajstić information content (AvgIpc) is 2.02. The van der Waals surface area contributed by atoms with Crippen molar-refractivity contribution in [2.75, 3.05) is 0 Å². The standard InChI is InChI=1S/C6H10N2O6/c9-5-2-6(10)4(8(13)14)1-3(5)7(11)12/h3-6,9-10H,1-2H2. The molecule has 0 saturated heterocycles. The molecular weight excluding hydrogens is 196 g/mol. The van der Waals surface area contributed by atoms with Gasteiger partial charge < -0.3 is 10.2 Å². The molecule has 1 aliphatic rings. The van der Waals surface area contributed by atoms with Crippen molar-refractivity contribution in [1.82, 2.24) is 0 Å². The summed E-state index contributed by atoms with van der Waals surface area (Å²) in [7, 11) is 0. The lowest BCUT2D eigenvalue weighted by molar-refractivity contribution is -0.583. The van der Waals surface area contributed by atoms with Gasteiger partial charge in [-0.15, -0.1) is 0 Å². The molecule has 1 aliphatic carbocycles. The molecule has 0 spiro atoms. The van der Waals surface area contributed by atoms with E-state index < -0.39 is 40.6 Å². The lowest BCUT2D eigenvalue weighted by atomic mass is 9.87. The van der Waals surface area contributed by atoms with Gasteiger partial charge in [-0.1, -0.05) is 0 Å². The van der Waals surface area contributed by atoms with Crippen LogP contribution in [0.1, 0.15) is 12.8 Å². The third-order valence-electron chi connectivity index (χ3n) is 2.40. The number of hydrogen-bond acceptors (Lipinski definition) is 6. The second-order valence-corrected chi connectivity index (χ2v) is 3.31. The van der Waals surface area contributed by atoms with Gasteiger partial charge in [0.1, 0.15) is 12.2 Å². The molecule has 0 aromatic carbocycles. The van der Waals surface area contributed by atoms with Crippen molar-refractivity contribution in [2.45, 2.75) is 37.1 Å². The fourth-order valence-corrected chi connectivity index (χ4v) is 1.58. The Balaban J connectivity index is 2.75. The van der Waals surface area contributed by atoms with Crippen LogP contribution in [0.5, 0.6) is 0 Å². The van der Waals surface area contributed by atoms with Crippen LogP contribution in [-0.4, -0.2) is 44.4 Å². The monoisotopic (exact) mass is 206 g/mol. The van der Waals surface area contributed by atoms with E-state index in [2.05, 4.69) is 0 Å². The van der Waals surface area contributed by atoms with Gasteiger partial charge >= 0.3 is 0 Å². The van der Waals surface area contributed by atoms with Gasteiger partial charge in [-0.2, -0.15) is 0 Å². The summed E-state index contributed by atoms with van der Waals surface area (Å²) in [5, 5.41) is 39.1. The second-order valence-electron chi connectivity index (χ2n) is 3.31. The van der Waals surface area contributed by atoms with Gasteiger partial charge in [-0.25, -0.2) is 0 Å².